The Morgan fingerprint density at radius 2 is 1.84 bits per heavy atom. The van der Waals surface area contributed by atoms with Gasteiger partial charge in [0.1, 0.15) is 17.8 Å². The molecule has 0 aliphatic carbocycles. The maximum Gasteiger partial charge on any atom is 0.134 e. The first-order valence-corrected chi connectivity index (χ1v) is 12.0. The van der Waals surface area contributed by atoms with Gasteiger partial charge < -0.3 is 19.4 Å². The Labute approximate surface area is 194 Å². The molecule has 4 nitrogen and oxygen atoms in total. The highest BCUT2D eigenvalue weighted by atomic mass is 35.5. The fourth-order valence-corrected chi connectivity index (χ4v) is 3.60. The molecular weight excluding hydrogens is 408 g/mol. The van der Waals surface area contributed by atoms with Crippen LogP contribution in [0.3, 0.4) is 0 Å². The second kappa shape index (κ2) is 15.2. The standard InChI is InChI=1S/C22H31ClN2O.C2H4O.C2H6/c1-16(2)8-11-25-12-9-19(10-13-25)24-15-20-6-7-22(26-20)18-5-4-17(3)21(23)14-18;1-2-3;1-2/h4-7,14,16,19,24H,8-13,15H2,1-3H3;2H,1H3;1-2H3. The number of rotatable bonds is 7. The van der Waals surface area contributed by atoms with E-state index < -0.39 is 0 Å². The van der Waals surface area contributed by atoms with Crippen molar-refractivity contribution in [2.45, 2.75) is 73.4 Å². The number of aldehydes is 1. The van der Waals surface area contributed by atoms with Gasteiger partial charge in [0.05, 0.1) is 6.54 Å². The summed E-state index contributed by atoms with van der Waals surface area (Å²) in [4.78, 5) is 11.4. The molecule has 0 amide bonds. The molecule has 3 rings (SSSR count). The van der Waals surface area contributed by atoms with Crippen LogP contribution in [-0.4, -0.2) is 36.9 Å². The Morgan fingerprint density at radius 3 is 2.42 bits per heavy atom. The number of nitrogens with zero attached hydrogens (tertiary/aromatic N) is 1. The molecule has 2 heterocycles. The van der Waals surface area contributed by atoms with Crippen LogP contribution in [0.2, 0.25) is 5.02 Å². The molecule has 1 aliphatic rings. The van der Waals surface area contributed by atoms with Gasteiger partial charge in [-0.05, 0) is 82.4 Å². The zero-order valence-electron chi connectivity index (χ0n) is 20.2. The van der Waals surface area contributed by atoms with Gasteiger partial charge in [-0.15, -0.1) is 0 Å². The summed E-state index contributed by atoms with van der Waals surface area (Å²) in [6.07, 6.45) is 4.49. The van der Waals surface area contributed by atoms with Gasteiger partial charge in [-0.1, -0.05) is 51.4 Å². The molecule has 0 unspecified atom stereocenters. The van der Waals surface area contributed by atoms with Gasteiger partial charge in [0.2, 0.25) is 0 Å². The van der Waals surface area contributed by atoms with Gasteiger partial charge >= 0.3 is 0 Å². The molecule has 0 saturated carbocycles. The van der Waals surface area contributed by atoms with Gasteiger partial charge in [-0.2, -0.15) is 0 Å². The number of benzene rings is 1. The van der Waals surface area contributed by atoms with Gasteiger partial charge in [-0.25, -0.2) is 0 Å². The first-order chi connectivity index (χ1) is 14.9. The Morgan fingerprint density at radius 1 is 1.19 bits per heavy atom. The summed E-state index contributed by atoms with van der Waals surface area (Å²) in [5.41, 5.74) is 2.12. The second-order valence-electron chi connectivity index (χ2n) is 8.14. The lowest BCUT2D eigenvalue weighted by Gasteiger charge is -2.32. The summed E-state index contributed by atoms with van der Waals surface area (Å²) < 4.78 is 6.01. The van der Waals surface area contributed by atoms with E-state index >= 15 is 0 Å². The highest BCUT2D eigenvalue weighted by Crippen LogP contribution is 2.27. The van der Waals surface area contributed by atoms with E-state index in [0.29, 0.717) is 6.04 Å². The van der Waals surface area contributed by atoms with Crippen LogP contribution in [0.25, 0.3) is 11.3 Å². The van der Waals surface area contributed by atoms with Crippen LogP contribution in [-0.2, 0) is 11.3 Å². The van der Waals surface area contributed by atoms with Crippen molar-refractivity contribution >= 4 is 17.9 Å². The van der Waals surface area contributed by atoms with E-state index in [2.05, 4.69) is 36.2 Å². The van der Waals surface area contributed by atoms with E-state index in [1.807, 2.05) is 39.0 Å². The van der Waals surface area contributed by atoms with Crippen LogP contribution in [0.4, 0.5) is 0 Å². The Bertz CT molecular complexity index is 750. The largest absolute Gasteiger partial charge is 0.460 e. The third-order valence-corrected chi connectivity index (χ3v) is 5.70. The molecule has 1 aromatic carbocycles. The molecule has 0 atom stereocenters. The van der Waals surface area contributed by atoms with Crippen LogP contribution < -0.4 is 5.32 Å². The van der Waals surface area contributed by atoms with Crippen molar-refractivity contribution in [3.05, 3.63) is 46.7 Å². The minimum atomic E-state index is 0.590. The van der Waals surface area contributed by atoms with Crippen molar-refractivity contribution in [2.24, 2.45) is 5.92 Å². The van der Waals surface area contributed by atoms with Crippen LogP contribution in [0.1, 0.15) is 65.2 Å². The molecule has 0 radical (unpaired) electrons. The van der Waals surface area contributed by atoms with Crippen molar-refractivity contribution in [1.29, 1.82) is 0 Å². The van der Waals surface area contributed by atoms with Gasteiger partial charge in [0.25, 0.3) is 0 Å². The van der Waals surface area contributed by atoms with Crippen molar-refractivity contribution in [1.82, 2.24) is 10.2 Å². The lowest BCUT2D eigenvalue weighted by molar-refractivity contribution is -0.106. The monoisotopic (exact) mass is 448 g/mol. The number of likely N-dealkylation sites (tertiary alicyclic amines) is 1. The van der Waals surface area contributed by atoms with E-state index in [4.69, 9.17) is 20.8 Å². The Kier molecular flexibility index (Phi) is 13.5. The van der Waals surface area contributed by atoms with E-state index in [9.17, 15) is 0 Å². The first-order valence-electron chi connectivity index (χ1n) is 11.6. The molecule has 1 fully saturated rings. The summed E-state index contributed by atoms with van der Waals surface area (Å²) in [5.74, 6) is 2.66. The SMILES string of the molecule is CC.CC=O.Cc1ccc(-c2ccc(CNC3CCN(CCC(C)C)CC3)o2)cc1Cl. The van der Waals surface area contributed by atoms with Crippen LogP contribution in [0.15, 0.2) is 34.7 Å². The fourth-order valence-electron chi connectivity index (χ4n) is 3.42. The number of hydrogen-bond donors (Lipinski definition) is 1. The fraction of sp³-hybridized carbons (Fsp3) is 0.577. The molecule has 0 spiro atoms. The van der Waals surface area contributed by atoms with Crippen molar-refractivity contribution in [2.75, 3.05) is 19.6 Å². The number of aryl methyl sites for hydroxylation is 1. The van der Waals surface area contributed by atoms with E-state index in [0.717, 1.165) is 46.4 Å². The van der Waals surface area contributed by atoms with Crippen molar-refractivity contribution < 1.29 is 9.21 Å². The topological polar surface area (TPSA) is 45.5 Å². The molecule has 1 aromatic heterocycles. The molecule has 1 N–H and O–H groups in total. The molecule has 31 heavy (non-hydrogen) atoms. The zero-order valence-corrected chi connectivity index (χ0v) is 21.0. The molecule has 1 aliphatic heterocycles. The van der Waals surface area contributed by atoms with E-state index in [1.165, 1.54) is 45.8 Å². The molecule has 1 saturated heterocycles. The summed E-state index contributed by atoms with van der Waals surface area (Å²) in [7, 11) is 0. The van der Waals surface area contributed by atoms with Crippen molar-refractivity contribution in [3.8, 4) is 11.3 Å². The normalized spacial score (nSPS) is 14.5. The summed E-state index contributed by atoms with van der Waals surface area (Å²) in [6, 6.07) is 10.8. The summed E-state index contributed by atoms with van der Waals surface area (Å²) in [5, 5.41) is 4.44. The minimum absolute atomic E-state index is 0.590. The average molecular weight is 449 g/mol. The summed E-state index contributed by atoms with van der Waals surface area (Å²) in [6.45, 7) is 16.5. The third kappa shape index (κ3) is 10.0. The number of carbonyl (C=O) groups is 1. The van der Waals surface area contributed by atoms with Gasteiger partial charge in [-0.3, -0.25) is 0 Å². The van der Waals surface area contributed by atoms with Gasteiger partial charge in [0, 0.05) is 16.6 Å². The average Bonchev–Trinajstić information content (AvgIpc) is 3.24. The van der Waals surface area contributed by atoms with Crippen LogP contribution >= 0.6 is 11.6 Å². The van der Waals surface area contributed by atoms with Crippen molar-refractivity contribution in [3.63, 3.8) is 0 Å². The number of furan rings is 1. The zero-order chi connectivity index (χ0) is 23.2. The lowest BCUT2D eigenvalue weighted by Crippen LogP contribution is -2.42. The summed E-state index contributed by atoms with van der Waals surface area (Å²) >= 11 is 6.23. The van der Waals surface area contributed by atoms with E-state index in [1.54, 1.807) is 0 Å². The minimum Gasteiger partial charge on any atom is -0.460 e. The third-order valence-electron chi connectivity index (χ3n) is 5.29. The quantitative estimate of drug-likeness (QED) is 0.476. The number of piperidine rings is 1. The number of carbonyl (C=O) groups excluding carboxylic acids is 1. The number of hydrogen-bond acceptors (Lipinski definition) is 4. The molecule has 0 bridgehead atoms. The highest BCUT2D eigenvalue weighted by Gasteiger charge is 2.19. The lowest BCUT2D eigenvalue weighted by atomic mass is 10.0. The van der Waals surface area contributed by atoms with E-state index in [-0.39, 0.29) is 0 Å². The second-order valence-corrected chi connectivity index (χ2v) is 8.55. The van der Waals surface area contributed by atoms with Crippen LogP contribution in [0, 0.1) is 12.8 Å². The maximum atomic E-state index is 8.81. The van der Waals surface area contributed by atoms with Crippen LogP contribution in [0.5, 0.6) is 0 Å². The highest BCUT2D eigenvalue weighted by molar-refractivity contribution is 6.31. The molecule has 5 heteroatoms. The molecule has 2 aromatic rings. The maximum absolute atomic E-state index is 8.81. The molecular formula is C26H41ClN2O2. The number of halogens is 1. The smallest absolute Gasteiger partial charge is 0.134 e. The number of nitrogens with one attached hydrogen (secondary N) is 1. The predicted octanol–water partition coefficient (Wildman–Crippen LogP) is 6.74. The predicted molar refractivity (Wildman–Crippen MR) is 133 cm³/mol. The Hall–Kier alpha value is -1.62. The van der Waals surface area contributed by atoms with Gasteiger partial charge in [0.15, 0.2) is 0 Å². The molecule has 174 valence electrons. The Balaban J connectivity index is 0.000000884. The first kappa shape index (κ1) is 27.4.